The standard InChI is InChI=1S/C9H10FN3O4S/c10-8-2-1-7(13(14)15)3-9(8)18(16,17)12-4-6(11)5-12/h1-3,6H,4-5,11H2. The van der Waals surface area contributed by atoms with E-state index < -0.39 is 31.3 Å². The first-order valence-corrected chi connectivity index (χ1v) is 6.46. The molecule has 0 bridgehead atoms. The largest absolute Gasteiger partial charge is 0.325 e. The lowest BCUT2D eigenvalue weighted by Gasteiger charge is -2.35. The first kappa shape index (κ1) is 12.9. The van der Waals surface area contributed by atoms with Crippen LogP contribution in [0.3, 0.4) is 0 Å². The van der Waals surface area contributed by atoms with Crippen molar-refractivity contribution in [2.75, 3.05) is 13.1 Å². The summed E-state index contributed by atoms with van der Waals surface area (Å²) in [6, 6.07) is 2.12. The lowest BCUT2D eigenvalue weighted by molar-refractivity contribution is -0.385. The van der Waals surface area contributed by atoms with Gasteiger partial charge in [0, 0.05) is 31.3 Å². The molecular formula is C9H10FN3O4S. The van der Waals surface area contributed by atoms with Crippen LogP contribution in [0, 0.1) is 15.9 Å². The van der Waals surface area contributed by atoms with Crippen molar-refractivity contribution in [1.29, 1.82) is 0 Å². The SMILES string of the molecule is NC1CN(S(=O)(=O)c2cc([N+](=O)[O-])ccc2F)C1. The summed E-state index contributed by atoms with van der Waals surface area (Å²) in [4.78, 5) is 9.08. The zero-order valence-electron chi connectivity index (χ0n) is 9.11. The zero-order valence-corrected chi connectivity index (χ0v) is 9.93. The minimum absolute atomic E-state index is 0.0878. The van der Waals surface area contributed by atoms with Crippen LogP contribution in [0.4, 0.5) is 10.1 Å². The predicted octanol–water partition coefficient (Wildman–Crippen LogP) is 0.0655. The molecule has 1 aromatic carbocycles. The molecule has 0 aliphatic carbocycles. The number of sulfonamides is 1. The maximum absolute atomic E-state index is 13.5. The fourth-order valence-electron chi connectivity index (χ4n) is 1.61. The number of benzene rings is 1. The summed E-state index contributed by atoms with van der Waals surface area (Å²) in [5.74, 6) is -1.01. The highest BCUT2D eigenvalue weighted by atomic mass is 32.2. The Bertz CT molecular complexity index is 598. The van der Waals surface area contributed by atoms with Gasteiger partial charge in [-0.2, -0.15) is 4.31 Å². The van der Waals surface area contributed by atoms with Crippen molar-refractivity contribution < 1.29 is 17.7 Å². The van der Waals surface area contributed by atoms with Crippen LogP contribution in [0.25, 0.3) is 0 Å². The molecule has 0 saturated carbocycles. The van der Waals surface area contributed by atoms with Gasteiger partial charge in [0.25, 0.3) is 5.69 Å². The summed E-state index contributed by atoms with van der Waals surface area (Å²) in [5.41, 5.74) is 4.98. The Balaban J connectivity index is 2.44. The molecule has 2 N–H and O–H groups in total. The molecule has 1 fully saturated rings. The summed E-state index contributed by atoms with van der Waals surface area (Å²) in [7, 11) is -4.05. The summed E-state index contributed by atoms with van der Waals surface area (Å²) < 4.78 is 38.4. The van der Waals surface area contributed by atoms with Crippen LogP contribution in [0.5, 0.6) is 0 Å². The summed E-state index contributed by atoms with van der Waals surface area (Å²) >= 11 is 0. The molecule has 0 unspecified atom stereocenters. The third kappa shape index (κ3) is 2.07. The van der Waals surface area contributed by atoms with Crippen LogP contribution >= 0.6 is 0 Å². The van der Waals surface area contributed by atoms with Gasteiger partial charge in [-0.25, -0.2) is 12.8 Å². The number of nitrogens with two attached hydrogens (primary N) is 1. The molecule has 2 rings (SSSR count). The van der Waals surface area contributed by atoms with Gasteiger partial charge >= 0.3 is 0 Å². The normalized spacial score (nSPS) is 17.4. The van der Waals surface area contributed by atoms with Crippen LogP contribution in [-0.4, -0.2) is 36.8 Å². The van der Waals surface area contributed by atoms with Crippen molar-refractivity contribution in [2.24, 2.45) is 5.73 Å². The monoisotopic (exact) mass is 275 g/mol. The maximum atomic E-state index is 13.5. The van der Waals surface area contributed by atoms with E-state index in [2.05, 4.69) is 0 Å². The number of hydrogen-bond acceptors (Lipinski definition) is 5. The molecular weight excluding hydrogens is 265 g/mol. The lowest BCUT2D eigenvalue weighted by atomic mass is 10.2. The second-order valence-corrected chi connectivity index (χ2v) is 5.86. The third-order valence-electron chi connectivity index (χ3n) is 2.62. The van der Waals surface area contributed by atoms with Gasteiger partial charge in [-0.3, -0.25) is 10.1 Å². The Hall–Kier alpha value is -1.58. The van der Waals surface area contributed by atoms with Gasteiger partial charge in [-0.15, -0.1) is 0 Å². The van der Waals surface area contributed by atoms with Crippen LogP contribution in [-0.2, 0) is 10.0 Å². The summed E-state index contributed by atoms with van der Waals surface area (Å²) in [5, 5.41) is 10.6. The van der Waals surface area contributed by atoms with Gasteiger partial charge < -0.3 is 5.73 Å². The van der Waals surface area contributed by atoms with E-state index in [1.165, 1.54) is 0 Å². The van der Waals surface area contributed by atoms with Crippen molar-refractivity contribution in [3.05, 3.63) is 34.1 Å². The molecule has 1 saturated heterocycles. The van der Waals surface area contributed by atoms with E-state index in [0.717, 1.165) is 16.4 Å². The Morgan fingerprint density at radius 3 is 2.56 bits per heavy atom. The maximum Gasteiger partial charge on any atom is 0.270 e. The predicted molar refractivity (Wildman–Crippen MR) is 59.8 cm³/mol. The van der Waals surface area contributed by atoms with Gasteiger partial charge in [-0.1, -0.05) is 0 Å². The van der Waals surface area contributed by atoms with Gasteiger partial charge in [0.1, 0.15) is 10.7 Å². The number of hydrogen-bond donors (Lipinski definition) is 1. The molecule has 0 atom stereocenters. The van der Waals surface area contributed by atoms with Crippen LogP contribution in [0.15, 0.2) is 23.1 Å². The number of halogens is 1. The van der Waals surface area contributed by atoms with Gasteiger partial charge in [0.15, 0.2) is 0 Å². The smallest absolute Gasteiger partial charge is 0.270 e. The Labute approximate surface area is 102 Å². The first-order chi connectivity index (χ1) is 8.32. The molecule has 1 heterocycles. The Morgan fingerprint density at radius 2 is 2.06 bits per heavy atom. The van der Waals surface area contributed by atoms with Crippen molar-refractivity contribution in [3.63, 3.8) is 0 Å². The van der Waals surface area contributed by atoms with E-state index in [9.17, 15) is 22.9 Å². The molecule has 1 aliphatic rings. The van der Waals surface area contributed by atoms with E-state index in [4.69, 9.17) is 5.73 Å². The highest BCUT2D eigenvalue weighted by Crippen LogP contribution is 2.26. The molecule has 9 heteroatoms. The number of nitro benzene ring substituents is 1. The van der Waals surface area contributed by atoms with Gasteiger partial charge in [-0.05, 0) is 6.07 Å². The molecule has 0 amide bonds. The molecule has 7 nitrogen and oxygen atoms in total. The van der Waals surface area contributed by atoms with E-state index in [0.29, 0.717) is 6.07 Å². The Morgan fingerprint density at radius 1 is 1.44 bits per heavy atom. The van der Waals surface area contributed by atoms with Gasteiger partial charge in [0.05, 0.1) is 4.92 Å². The molecule has 98 valence electrons. The van der Waals surface area contributed by atoms with Gasteiger partial charge in [0.2, 0.25) is 10.0 Å². The second kappa shape index (κ2) is 4.26. The molecule has 1 aromatic rings. The number of rotatable bonds is 3. The second-order valence-electron chi connectivity index (χ2n) is 3.95. The fourth-order valence-corrected chi connectivity index (χ4v) is 3.25. The number of nitro groups is 1. The minimum Gasteiger partial charge on any atom is -0.325 e. The molecule has 18 heavy (non-hydrogen) atoms. The van der Waals surface area contributed by atoms with E-state index in [-0.39, 0.29) is 19.1 Å². The van der Waals surface area contributed by atoms with Crippen molar-refractivity contribution in [3.8, 4) is 0 Å². The molecule has 1 aliphatic heterocycles. The topological polar surface area (TPSA) is 107 Å². The molecule has 0 spiro atoms. The zero-order chi connectivity index (χ0) is 13.5. The molecule has 0 aromatic heterocycles. The third-order valence-corrected chi connectivity index (χ3v) is 4.47. The van der Waals surface area contributed by atoms with Crippen LogP contribution in [0.1, 0.15) is 0 Å². The summed E-state index contributed by atoms with van der Waals surface area (Å²) in [6.07, 6.45) is 0. The minimum atomic E-state index is -4.05. The van der Waals surface area contributed by atoms with Crippen molar-refractivity contribution >= 4 is 15.7 Å². The van der Waals surface area contributed by atoms with Crippen LogP contribution < -0.4 is 5.73 Å². The lowest BCUT2D eigenvalue weighted by Crippen LogP contribution is -2.57. The van der Waals surface area contributed by atoms with E-state index in [1.807, 2.05) is 0 Å². The Kier molecular flexibility index (Phi) is 3.05. The van der Waals surface area contributed by atoms with Crippen LogP contribution in [0.2, 0.25) is 0 Å². The summed E-state index contributed by atoms with van der Waals surface area (Å²) in [6.45, 7) is 0.176. The quantitative estimate of drug-likeness (QED) is 0.620. The number of non-ortho nitro benzene ring substituents is 1. The highest BCUT2D eigenvalue weighted by Gasteiger charge is 2.36. The molecule has 0 radical (unpaired) electrons. The van der Waals surface area contributed by atoms with Crippen molar-refractivity contribution in [1.82, 2.24) is 4.31 Å². The average Bonchev–Trinajstić information content (AvgIpc) is 2.24. The average molecular weight is 275 g/mol. The first-order valence-electron chi connectivity index (χ1n) is 5.02. The fraction of sp³-hybridized carbons (Fsp3) is 0.333. The van der Waals surface area contributed by atoms with E-state index in [1.54, 1.807) is 0 Å². The number of nitrogens with zero attached hydrogens (tertiary/aromatic N) is 2. The van der Waals surface area contributed by atoms with Crippen molar-refractivity contribution in [2.45, 2.75) is 10.9 Å². The van der Waals surface area contributed by atoms with E-state index >= 15 is 0 Å². The highest BCUT2D eigenvalue weighted by molar-refractivity contribution is 7.89.